The number of rotatable bonds is 7. The molecule has 0 aliphatic carbocycles. The number of thiazole rings is 1. The molecule has 0 atom stereocenters. The number of amides is 1. The van der Waals surface area contributed by atoms with Gasteiger partial charge in [-0.25, -0.2) is 4.98 Å². The van der Waals surface area contributed by atoms with Gasteiger partial charge in [0, 0.05) is 19.7 Å². The molecule has 8 heteroatoms. The van der Waals surface area contributed by atoms with Crippen molar-refractivity contribution in [1.82, 2.24) is 9.88 Å². The van der Waals surface area contributed by atoms with Crippen molar-refractivity contribution in [2.24, 2.45) is 5.73 Å². The van der Waals surface area contributed by atoms with Crippen molar-refractivity contribution in [2.45, 2.75) is 52.1 Å². The Labute approximate surface area is 161 Å². The first-order valence-electron chi connectivity index (χ1n) is 8.23. The summed E-state index contributed by atoms with van der Waals surface area (Å²) in [7, 11) is 0. The highest BCUT2D eigenvalue weighted by Crippen LogP contribution is 2.23. The number of likely N-dealkylation sites (tertiary alicyclic amines) is 1. The summed E-state index contributed by atoms with van der Waals surface area (Å²) >= 11 is 1.56. The molecule has 5 nitrogen and oxygen atoms in total. The van der Waals surface area contributed by atoms with Crippen molar-refractivity contribution < 1.29 is 9.53 Å². The molecule has 0 unspecified atom stereocenters. The third-order valence-corrected chi connectivity index (χ3v) is 5.14. The highest BCUT2D eigenvalue weighted by Gasteiger charge is 2.26. The molecule has 1 aliphatic heterocycles. The average Bonchev–Trinajstić information content (AvgIpc) is 2.88. The van der Waals surface area contributed by atoms with Crippen molar-refractivity contribution in [2.75, 3.05) is 26.2 Å². The van der Waals surface area contributed by atoms with E-state index in [2.05, 4.69) is 11.9 Å². The highest BCUT2D eigenvalue weighted by atomic mass is 35.5. The molecule has 1 aromatic heterocycles. The van der Waals surface area contributed by atoms with Crippen LogP contribution in [0.3, 0.4) is 0 Å². The van der Waals surface area contributed by atoms with Gasteiger partial charge < -0.3 is 15.4 Å². The van der Waals surface area contributed by atoms with Crippen molar-refractivity contribution >= 4 is 42.1 Å². The van der Waals surface area contributed by atoms with Crippen LogP contribution in [0.1, 0.15) is 53.0 Å². The van der Waals surface area contributed by atoms with E-state index in [9.17, 15) is 4.79 Å². The van der Waals surface area contributed by atoms with E-state index in [4.69, 9.17) is 10.5 Å². The molecular formula is C16H29Cl2N3O2S. The molecule has 1 aromatic rings. The Bertz CT molecular complexity index is 492. The average molecular weight is 398 g/mol. The molecule has 1 fully saturated rings. The Balaban J connectivity index is 0.00000264. The first kappa shape index (κ1) is 23.6. The Morgan fingerprint density at radius 3 is 2.62 bits per heavy atom. The van der Waals surface area contributed by atoms with Crippen LogP contribution in [-0.4, -0.2) is 48.1 Å². The second-order valence-electron chi connectivity index (χ2n) is 5.78. The molecule has 0 aromatic carbocycles. The lowest BCUT2D eigenvalue weighted by Crippen LogP contribution is -2.41. The molecule has 1 saturated heterocycles. The van der Waals surface area contributed by atoms with Crippen LogP contribution in [0.15, 0.2) is 0 Å². The summed E-state index contributed by atoms with van der Waals surface area (Å²) in [5, 5.41) is 1.07. The maximum Gasteiger partial charge on any atom is 0.265 e. The normalized spacial score (nSPS) is 14.9. The van der Waals surface area contributed by atoms with Crippen LogP contribution < -0.4 is 5.73 Å². The van der Waals surface area contributed by atoms with Crippen LogP contribution in [0.25, 0.3) is 0 Å². The van der Waals surface area contributed by atoms with Gasteiger partial charge in [-0.3, -0.25) is 4.79 Å². The van der Waals surface area contributed by atoms with Gasteiger partial charge in [0.05, 0.1) is 16.8 Å². The molecule has 2 heterocycles. The number of piperidine rings is 1. The fourth-order valence-electron chi connectivity index (χ4n) is 2.67. The predicted molar refractivity (Wildman–Crippen MR) is 104 cm³/mol. The number of carbonyl (C=O) groups excluding carboxylic acids is 1. The van der Waals surface area contributed by atoms with Crippen LogP contribution in [0.2, 0.25) is 0 Å². The number of hydrogen-bond donors (Lipinski definition) is 1. The molecule has 24 heavy (non-hydrogen) atoms. The number of ether oxygens (including phenoxy) is 1. The van der Waals surface area contributed by atoms with Gasteiger partial charge in [0.1, 0.15) is 4.88 Å². The van der Waals surface area contributed by atoms with Crippen molar-refractivity contribution in [3.05, 3.63) is 15.6 Å². The minimum atomic E-state index is 0. The molecule has 0 bridgehead atoms. The van der Waals surface area contributed by atoms with Gasteiger partial charge >= 0.3 is 0 Å². The van der Waals surface area contributed by atoms with Crippen molar-refractivity contribution in [3.8, 4) is 0 Å². The molecule has 0 spiro atoms. The molecule has 1 aliphatic rings. The number of carbonyl (C=O) groups is 1. The molecule has 0 radical (unpaired) electrons. The zero-order chi connectivity index (χ0) is 15.9. The minimum absolute atomic E-state index is 0. The fourth-order valence-corrected chi connectivity index (χ4v) is 3.81. The maximum absolute atomic E-state index is 12.6. The van der Waals surface area contributed by atoms with E-state index in [0.29, 0.717) is 6.54 Å². The van der Waals surface area contributed by atoms with Crippen LogP contribution in [0, 0.1) is 6.92 Å². The van der Waals surface area contributed by atoms with Crippen molar-refractivity contribution in [1.29, 1.82) is 0 Å². The Kier molecular flexibility index (Phi) is 11.8. The summed E-state index contributed by atoms with van der Waals surface area (Å²) in [5.41, 5.74) is 6.35. The van der Waals surface area contributed by atoms with E-state index in [1.54, 1.807) is 11.3 Å². The lowest BCUT2D eigenvalue weighted by atomic mass is 10.1. The molecular weight excluding hydrogens is 369 g/mol. The van der Waals surface area contributed by atoms with E-state index in [1.807, 2.05) is 11.8 Å². The van der Waals surface area contributed by atoms with E-state index in [1.165, 1.54) is 0 Å². The SMILES string of the molecule is CCCc1nc(C)c(C(=O)N2CCC(OCCCN)CC2)s1.Cl.Cl. The quantitative estimate of drug-likeness (QED) is 0.716. The lowest BCUT2D eigenvalue weighted by molar-refractivity contribution is 0.00855. The molecule has 1 amide bonds. The monoisotopic (exact) mass is 397 g/mol. The number of hydrogen-bond acceptors (Lipinski definition) is 5. The van der Waals surface area contributed by atoms with E-state index in [-0.39, 0.29) is 36.8 Å². The van der Waals surface area contributed by atoms with Crippen LogP contribution in [0.5, 0.6) is 0 Å². The van der Waals surface area contributed by atoms with Gasteiger partial charge in [-0.15, -0.1) is 36.2 Å². The zero-order valence-electron chi connectivity index (χ0n) is 14.5. The molecule has 2 N–H and O–H groups in total. The van der Waals surface area contributed by atoms with Gasteiger partial charge in [0.2, 0.25) is 0 Å². The number of halogens is 2. The molecule has 0 saturated carbocycles. The Hall–Kier alpha value is -0.400. The van der Waals surface area contributed by atoms with Gasteiger partial charge in [-0.1, -0.05) is 6.92 Å². The van der Waals surface area contributed by atoms with Gasteiger partial charge in [-0.05, 0) is 45.6 Å². The Morgan fingerprint density at radius 1 is 1.38 bits per heavy atom. The van der Waals surface area contributed by atoms with Gasteiger partial charge in [0.25, 0.3) is 5.91 Å². The van der Waals surface area contributed by atoms with Crippen molar-refractivity contribution in [3.63, 3.8) is 0 Å². The van der Waals surface area contributed by atoms with Crippen LogP contribution >= 0.6 is 36.2 Å². The van der Waals surface area contributed by atoms with E-state index >= 15 is 0 Å². The zero-order valence-corrected chi connectivity index (χ0v) is 16.9. The smallest absolute Gasteiger partial charge is 0.265 e. The Morgan fingerprint density at radius 2 is 2.04 bits per heavy atom. The summed E-state index contributed by atoms with van der Waals surface area (Å²) in [6.45, 7) is 7.00. The summed E-state index contributed by atoms with van der Waals surface area (Å²) in [4.78, 5) is 19.9. The minimum Gasteiger partial charge on any atom is -0.378 e. The standard InChI is InChI=1S/C16H27N3O2S.2ClH/c1-3-5-14-18-12(2)15(22-14)16(20)19-9-6-13(7-10-19)21-11-4-8-17;;/h13H,3-11,17H2,1-2H3;2*1H. The first-order valence-corrected chi connectivity index (χ1v) is 9.04. The fraction of sp³-hybridized carbons (Fsp3) is 0.750. The third kappa shape index (κ3) is 6.48. The summed E-state index contributed by atoms with van der Waals surface area (Å²) in [6, 6.07) is 0. The summed E-state index contributed by atoms with van der Waals surface area (Å²) in [5.74, 6) is 0.137. The van der Waals surface area contributed by atoms with Gasteiger partial charge in [-0.2, -0.15) is 0 Å². The van der Waals surface area contributed by atoms with E-state index in [0.717, 1.165) is 67.4 Å². The second kappa shape index (κ2) is 12.0. The van der Waals surface area contributed by atoms with E-state index < -0.39 is 0 Å². The third-order valence-electron chi connectivity index (χ3n) is 3.93. The van der Waals surface area contributed by atoms with Crippen LogP contribution in [0.4, 0.5) is 0 Å². The molecule has 140 valence electrons. The number of nitrogens with zero attached hydrogens (tertiary/aromatic N) is 2. The predicted octanol–water partition coefficient (Wildman–Crippen LogP) is 3.22. The summed E-state index contributed by atoms with van der Waals surface area (Å²) in [6.07, 6.45) is 5.02. The molecule has 2 rings (SSSR count). The van der Waals surface area contributed by atoms with Gasteiger partial charge in [0.15, 0.2) is 0 Å². The van der Waals surface area contributed by atoms with Crippen LogP contribution in [-0.2, 0) is 11.2 Å². The maximum atomic E-state index is 12.6. The first-order chi connectivity index (χ1) is 10.7. The highest BCUT2D eigenvalue weighted by molar-refractivity contribution is 7.13. The number of aryl methyl sites for hydroxylation is 2. The number of aromatic nitrogens is 1. The summed E-state index contributed by atoms with van der Waals surface area (Å²) < 4.78 is 5.79. The second-order valence-corrected chi connectivity index (χ2v) is 6.86. The number of nitrogens with two attached hydrogens (primary N) is 1. The topological polar surface area (TPSA) is 68.5 Å². The largest absolute Gasteiger partial charge is 0.378 e. The lowest BCUT2D eigenvalue weighted by Gasteiger charge is -2.31.